The van der Waals surface area contributed by atoms with Crippen molar-refractivity contribution >= 4 is 43.2 Å². The molecule has 7 aromatic carbocycles. The number of fused-ring (bicyclic) bond motifs is 1. The van der Waals surface area contributed by atoms with Crippen molar-refractivity contribution in [3.63, 3.8) is 0 Å². The smallest absolute Gasteiger partial charge is 0.868 e. The third-order valence-electron chi connectivity index (χ3n) is 8.68. The zero-order valence-corrected chi connectivity index (χ0v) is 25.0. The molecule has 1 N–H and O–H groups in total. The Hall–Kier alpha value is -5.60. The molecule has 2 heterocycles. The first-order valence-corrected chi connectivity index (χ1v) is 14.9. The number of pyridine rings is 1. The van der Waals surface area contributed by atoms with E-state index in [4.69, 9.17) is 15.0 Å². The summed E-state index contributed by atoms with van der Waals surface area (Å²) in [5.74, 6) is 1.87. The van der Waals surface area contributed by atoms with Gasteiger partial charge < -0.3 is 5.11 Å². The van der Waals surface area contributed by atoms with Crippen molar-refractivity contribution < 1.29 is 29.0 Å². The van der Waals surface area contributed by atoms with Crippen LogP contribution in [0.15, 0.2) is 140 Å². The predicted molar refractivity (Wildman–Crippen MR) is 179 cm³/mol. The van der Waals surface area contributed by atoms with Crippen molar-refractivity contribution in [2.24, 2.45) is 0 Å². The molecule has 9 aromatic rings. The molecule has 46 heavy (non-hydrogen) atoms. The van der Waals surface area contributed by atoms with Gasteiger partial charge in [0.05, 0.1) is 0 Å². The van der Waals surface area contributed by atoms with Crippen LogP contribution in [0.3, 0.4) is 0 Å². The molecule has 0 unspecified atom stereocenters. The number of rotatable bonds is 4. The molecule has 0 aliphatic rings. The summed E-state index contributed by atoms with van der Waals surface area (Å²) in [5.41, 5.74) is 5.01. The van der Waals surface area contributed by atoms with E-state index in [-0.39, 0.29) is 24.6 Å². The first-order valence-electron chi connectivity index (χ1n) is 14.9. The van der Waals surface area contributed by atoms with Gasteiger partial charge in [-0.05, 0) is 67.4 Å². The monoisotopic (exact) mass is 583 g/mol. The Balaban J connectivity index is 0.00000312. The zero-order valence-electron chi connectivity index (χ0n) is 25.0. The van der Waals surface area contributed by atoms with E-state index in [1.807, 2.05) is 84.9 Å². The minimum absolute atomic E-state index is 0. The second-order valence-corrected chi connectivity index (χ2v) is 11.3. The minimum atomic E-state index is -0.00380. The third kappa shape index (κ3) is 4.41. The predicted octanol–water partition coefficient (Wildman–Crippen LogP) is 5.48. The molecule has 0 aliphatic carbocycles. The average Bonchev–Trinajstić information content (AvgIpc) is 3.11. The van der Waals surface area contributed by atoms with Gasteiger partial charge in [0.25, 0.3) is 0 Å². The number of hydrogen-bond acceptors (Lipinski definition) is 4. The Morgan fingerprint density at radius 2 is 0.935 bits per heavy atom. The summed E-state index contributed by atoms with van der Waals surface area (Å²) in [6.07, 6.45) is 1.80. The van der Waals surface area contributed by atoms with Crippen LogP contribution in [0.5, 0.6) is 5.75 Å². The van der Waals surface area contributed by atoms with Crippen LogP contribution >= 0.6 is 0 Å². The zero-order chi connectivity index (χ0) is 29.9. The Morgan fingerprint density at radius 3 is 1.57 bits per heavy atom. The number of benzene rings is 7. The largest absolute Gasteiger partial charge is 1.00 e. The molecular weight excluding hydrogens is 559 g/mol. The van der Waals surface area contributed by atoms with Gasteiger partial charge in [-0.3, -0.25) is 0 Å². The molecule has 0 radical (unpaired) electrons. The first kappa shape index (κ1) is 27.9. The second kappa shape index (κ2) is 11.1. The van der Waals surface area contributed by atoms with Crippen molar-refractivity contribution in [2.45, 2.75) is 0 Å². The van der Waals surface area contributed by atoms with Crippen molar-refractivity contribution in [3.8, 4) is 51.0 Å². The van der Waals surface area contributed by atoms with E-state index >= 15 is 0 Å². The number of nitrogens with one attached hydrogen (secondary N) is 1. The number of hydrogen-bond donors (Lipinski definition) is 0. The number of aromatic amines is 1. The summed E-state index contributed by atoms with van der Waals surface area (Å²) in [4.78, 5) is 18.1. The quantitative estimate of drug-likeness (QED) is 0.203. The molecule has 0 saturated carbocycles. The van der Waals surface area contributed by atoms with E-state index in [2.05, 4.69) is 53.5 Å². The molecule has 0 bridgehead atoms. The van der Waals surface area contributed by atoms with Crippen molar-refractivity contribution in [1.82, 2.24) is 15.0 Å². The molecule has 5 nitrogen and oxygen atoms in total. The molecular formula is C40H24LiN4O+. The first-order chi connectivity index (χ1) is 22.2. The van der Waals surface area contributed by atoms with Crippen LogP contribution in [0.4, 0.5) is 0 Å². The van der Waals surface area contributed by atoms with E-state index in [0.717, 1.165) is 60.0 Å². The van der Waals surface area contributed by atoms with Gasteiger partial charge in [0, 0.05) is 28.1 Å². The van der Waals surface area contributed by atoms with Crippen LogP contribution in [0.2, 0.25) is 0 Å². The topological polar surface area (TPSA) is 75.9 Å². The maximum Gasteiger partial charge on any atom is 1.00 e. The van der Waals surface area contributed by atoms with Gasteiger partial charge in [-0.25, -0.2) is 19.9 Å². The fraction of sp³-hybridized carbons (Fsp3) is 0. The molecule has 2 aromatic heterocycles. The van der Waals surface area contributed by atoms with Crippen molar-refractivity contribution in [2.75, 3.05) is 0 Å². The molecule has 210 valence electrons. The molecule has 0 aliphatic heterocycles. The molecule has 0 saturated heterocycles. The Bertz CT molecular complexity index is 2500. The van der Waals surface area contributed by atoms with Crippen LogP contribution in [-0.2, 0) is 0 Å². The summed E-state index contributed by atoms with van der Waals surface area (Å²) in [5, 5.41) is 21.2. The minimum Gasteiger partial charge on any atom is -0.868 e. The van der Waals surface area contributed by atoms with Crippen molar-refractivity contribution in [1.29, 1.82) is 0 Å². The molecule has 0 fully saturated rings. The van der Waals surface area contributed by atoms with Gasteiger partial charge in [0.15, 0.2) is 23.7 Å². The molecule has 0 amide bonds. The van der Waals surface area contributed by atoms with E-state index in [1.165, 1.54) is 0 Å². The average molecular weight is 584 g/mol. The van der Waals surface area contributed by atoms with Gasteiger partial charge in [-0.1, -0.05) is 109 Å². The van der Waals surface area contributed by atoms with E-state index < -0.39 is 0 Å². The van der Waals surface area contributed by atoms with Gasteiger partial charge in [0.1, 0.15) is 0 Å². The van der Waals surface area contributed by atoms with Crippen LogP contribution in [0, 0.1) is 0 Å². The summed E-state index contributed by atoms with van der Waals surface area (Å²) < 4.78 is 0. The van der Waals surface area contributed by atoms with Crippen LogP contribution < -0.4 is 29.0 Å². The summed E-state index contributed by atoms with van der Waals surface area (Å²) >= 11 is 0. The van der Waals surface area contributed by atoms with E-state index in [0.29, 0.717) is 28.6 Å². The van der Waals surface area contributed by atoms with Crippen LogP contribution in [-0.4, -0.2) is 15.0 Å². The fourth-order valence-corrected chi connectivity index (χ4v) is 6.54. The second-order valence-electron chi connectivity index (χ2n) is 11.3. The normalized spacial score (nSPS) is 11.4. The Morgan fingerprint density at radius 1 is 0.435 bits per heavy atom. The number of nitrogens with zero attached hydrogens (tertiary/aromatic N) is 3. The van der Waals surface area contributed by atoms with Gasteiger partial charge in [-0.15, -0.1) is 0 Å². The molecule has 6 heteroatoms. The standard InChI is InChI=1S/C40H24N4O.Li/c45-37-32(21-17-26-12-7-23-41-36(26)37)29-18-13-24-15-20-31-33(22-16-25-14-19-30(29)34(24)35(25)31)40-43-38(27-8-3-1-4-9-27)42-39(44-40)28-10-5-2-6-11-28;/h1-23,45H;/q;+1. The van der Waals surface area contributed by atoms with E-state index in [9.17, 15) is 5.11 Å². The summed E-state index contributed by atoms with van der Waals surface area (Å²) in [6, 6.07) is 44.9. The number of aromatic nitrogens is 4. The maximum atomic E-state index is 13.7. The van der Waals surface area contributed by atoms with Crippen molar-refractivity contribution in [3.05, 3.63) is 140 Å². The SMILES string of the molecule is [Li+].[O-]c1c(-c2ccc3ccc4c(-c5nc(-c6ccccc6)nc(-c6ccccc6)n5)ccc5ccc2c3c54)ccc2ccc[nH+]c12. The van der Waals surface area contributed by atoms with Gasteiger partial charge in [-0.2, -0.15) is 0 Å². The van der Waals surface area contributed by atoms with Crippen LogP contribution in [0.1, 0.15) is 0 Å². The maximum absolute atomic E-state index is 13.7. The fourth-order valence-electron chi connectivity index (χ4n) is 6.54. The van der Waals surface area contributed by atoms with Crippen LogP contribution in [0.25, 0.3) is 88.5 Å². The Kier molecular flexibility index (Phi) is 6.72. The molecule has 9 rings (SSSR count). The molecule has 0 spiro atoms. The van der Waals surface area contributed by atoms with Gasteiger partial charge >= 0.3 is 18.9 Å². The number of H-pyrrole nitrogens is 1. The Labute approximate surface area is 276 Å². The van der Waals surface area contributed by atoms with E-state index in [1.54, 1.807) is 6.20 Å². The van der Waals surface area contributed by atoms with Gasteiger partial charge in [0.2, 0.25) is 5.52 Å². The summed E-state index contributed by atoms with van der Waals surface area (Å²) in [7, 11) is 0. The molecule has 0 atom stereocenters. The summed E-state index contributed by atoms with van der Waals surface area (Å²) in [6.45, 7) is 0. The third-order valence-corrected chi connectivity index (χ3v) is 8.68.